The fourth-order valence-corrected chi connectivity index (χ4v) is 3.78. The Balaban J connectivity index is 1.70. The number of nitrogens with zero attached hydrogens (tertiary/aromatic N) is 1. The van der Waals surface area contributed by atoms with E-state index in [4.69, 9.17) is 4.74 Å². The fraction of sp³-hybridized carbons (Fsp3) is 0.222. The number of sulfonamides is 1. The zero-order valence-electron chi connectivity index (χ0n) is 13.9. The van der Waals surface area contributed by atoms with Crippen molar-refractivity contribution >= 4 is 27.5 Å². The third-order valence-electron chi connectivity index (χ3n) is 4.08. The largest absolute Gasteiger partial charge is 0.454 e. The van der Waals surface area contributed by atoms with E-state index < -0.39 is 34.2 Å². The topological polar surface area (TPSA) is 80.8 Å². The van der Waals surface area contributed by atoms with Gasteiger partial charge in [-0.15, -0.1) is 0 Å². The molecule has 1 aliphatic rings. The quantitative estimate of drug-likeness (QED) is 0.589. The van der Waals surface area contributed by atoms with E-state index in [1.807, 2.05) is 0 Å². The standard InChI is InChI=1S/C18H16FNO5S/c1-26(23,24)20-9-8-12-10-13(6-7-16(12)20)18(22)25-11-17(21)14-4-2-3-5-15(14)19/h2-7,10H,8-9,11H2,1H3. The molecular formula is C18H16FNO5S. The number of benzene rings is 2. The van der Waals surface area contributed by atoms with Crippen molar-refractivity contribution in [3.8, 4) is 0 Å². The summed E-state index contributed by atoms with van der Waals surface area (Å²) >= 11 is 0. The van der Waals surface area contributed by atoms with Crippen LogP contribution in [0.3, 0.4) is 0 Å². The van der Waals surface area contributed by atoms with Crippen LogP contribution in [0.5, 0.6) is 0 Å². The van der Waals surface area contributed by atoms with Gasteiger partial charge in [0.05, 0.1) is 23.1 Å². The zero-order chi connectivity index (χ0) is 18.9. The first-order chi connectivity index (χ1) is 12.3. The van der Waals surface area contributed by atoms with Gasteiger partial charge in [0.1, 0.15) is 5.82 Å². The minimum Gasteiger partial charge on any atom is -0.454 e. The first kappa shape index (κ1) is 18.1. The molecule has 3 rings (SSSR count). The van der Waals surface area contributed by atoms with Gasteiger partial charge in [-0.05, 0) is 42.3 Å². The Morgan fingerprint density at radius 1 is 1.19 bits per heavy atom. The summed E-state index contributed by atoms with van der Waals surface area (Å²) in [6.45, 7) is -0.259. The Morgan fingerprint density at radius 2 is 1.92 bits per heavy atom. The summed E-state index contributed by atoms with van der Waals surface area (Å²) in [5.41, 5.74) is 1.32. The van der Waals surface area contributed by atoms with Crippen molar-refractivity contribution in [2.45, 2.75) is 6.42 Å². The summed E-state index contributed by atoms with van der Waals surface area (Å²) in [7, 11) is -3.37. The first-order valence-electron chi connectivity index (χ1n) is 7.83. The summed E-state index contributed by atoms with van der Waals surface area (Å²) in [6, 6.07) is 9.99. The molecule has 8 heteroatoms. The van der Waals surface area contributed by atoms with Crippen LogP contribution >= 0.6 is 0 Å². The second-order valence-electron chi connectivity index (χ2n) is 5.91. The lowest BCUT2D eigenvalue weighted by Gasteiger charge is -2.16. The van der Waals surface area contributed by atoms with Crippen molar-refractivity contribution in [1.82, 2.24) is 0 Å². The Hall–Kier alpha value is -2.74. The molecular weight excluding hydrogens is 361 g/mol. The van der Waals surface area contributed by atoms with E-state index in [9.17, 15) is 22.4 Å². The number of esters is 1. The molecule has 2 aromatic carbocycles. The van der Waals surface area contributed by atoms with Crippen molar-refractivity contribution in [3.63, 3.8) is 0 Å². The molecule has 1 heterocycles. The van der Waals surface area contributed by atoms with E-state index in [0.29, 0.717) is 24.2 Å². The van der Waals surface area contributed by atoms with Crippen LogP contribution in [-0.4, -0.2) is 39.6 Å². The number of Topliss-reactive ketones (excluding diaryl/α,β-unsaturated/α-hetero) is 1. The highest BCUT2D eigenvalue weighted by Gasteiger charge is 2.27. The third kappa shape index (κ3) is 3.60. The molecule has 2 aromatic rings. The summed E-state index contributed by atoms with van der Waals surface area (Å²) in [5, 5.41) is 0. The first-order valence-corrected chi connectivity index (χ1v) is 9.67. The molecule has 0 fully saturated rings. The summed E-state index contributed by atoms with van der Waals surface area (Å²) in [6.07, 6.45) is 1.61. The lowest BCUT2D eigenvalue weighted by atomic mass is 10.1. The summed E-state index contributed by atoms with van der Waals surface area (Å²) < 4.78 is 43.2. The van der Waals surface area contributed by atoms with Crippen LogP contribution in [0.15, 0.2) is 42.5 Å². The molecule has 0 amide bonds. The van der Waals surface area contributed by atoms with E-state index in [2.05, 4.69) is 0 Å². The number of hydrogen-bond donors (Lipinski definition) is 0. The third-order valence-corrected chi connectivity index (χ3v) is 5.26. The average Bonchev–Trinajstić information content (AvgIpc) is 3.03. The van der Waals surface area contributed by atoms with Crippen LogP contribution in [0, 0.1) is 5.82 Å². The van der Waals surface area contributed by atoms with E-state index in [0.717, 1.165) is 12.3 Å². The normalized spacial score (nSPS) is 13.4. The maximum absolute atomic E-state index is 13.6. The summed E-state index contributed by atoms with van der Waals surface area (Å²) in [4.78, 5) is 24.1. The number of rotatable bonds is 5. The van der Waals surface area contributed by atoms with Crippen molar-refractivity contribution in [2.24, 2.45) is 0 Å². The number of anilines is 1. The van der Waals surface area contributed by atoms with Crippen molar-refractivity contribution in [1.29, 1.82) is 0 Å². The van der Waals surface area contributed by atoms with Crippen LogP contribution in [-0.2, 0) is 21.2 Å². The van der Waals surface area contributed by atoms with Crippen LogP contribution in [0.1, 0.15) is 26.3 Å². The molecule has 0 bridgehead atoms. The number of carbonyl (C=O) groups excluding carboxylic acids is 2. The van der Waals surface area contributed by atoms with Crippen LogP contribution in [0.2, 0.25) is 0 Å². The highest BCUT2D eigenvalue weighted by molar-refractivity contribution is 7.92. The molecule has 6 nitrogen and oxygen atoms in total. The predicted octanol–water partition coefficient (Wildman–Crippen LogP) is 2.19. The Bertz CT molecular complexity index is 987. The fourth-order valence-electron chi connectivity index (χ4n) is 2.82. The number of hydrogen-bond acceptors (Lipinski definition) is 5. The van der Waals surface area contributed by atoms with E-state index in [1.54, 1.807) is 12.1 Å². The maximum atomic E-state index is 13.6. The van der Waals surface area contributed by atoms with Gasteiger partial charge < -0.3 is 4.74 Å². The maximum Gasteiger partial charge on any atom is 0.338 e. The SMILES string of the molecule is CS(=O)(=O)N1CCc2cc(C(=O)OCC(=O)c3ccccc3F)ccc21. The van der Waals surface area contributed by atoms with Gasteiger partial charge in [0.2, 0.25) is 15.8 Å². The van der Waals surface area contributed by atoms with Gasteiger partial charge in [-0.25, -0.2) is 17.6 Å². The summed E-state index contributed by atoms with van der Waals surface area (Å²) in [5.74, 6) is -2.04. The lowest BCUT2D eigenvalue weighted by molar-refractivity contribution is 0.0473. The molecule has 0 radical (unpaired) electrons. The number of ketones is 1. The van der Waals surface area contributed by atoms with E-state index >= 15 is 0 Å². The van der Waals surface area contributed by atoms with Crippen LogP contribution < -0.4 is 4.31 Å². The number of fused-ring (bicyclic) bond motifs is 1. The molecule has 136 valence electrons. The molecule has 0 N–H and O–H groups in total. The minimum atomic E-state index is -3.37. The zero-order valence-corrected chi connectivity index (χ0v) is 14.8. The van der Waals surface area contributed by atoms with Gasteiger partial charge in [0.25, 0.3) is 0 Å². The Labute approximate surface area is 150 Å². The molecule has 26 heavy (non-hydrogen) atoms. The van der Waals surface area contributed by atoms with Crippen molar-refractivity contribution < 1.29 is 27.1 Å². The monoisotopic (exact) mass is 377 g/mol. The van der Waals surface area contributed by atoms with Crippen molar-refractivity contribution in [3.05, 3.63) is 65.0 Å². The van der Waals surface area contributed by atoms with Crippen molar-refractivity contribution in [2.75, 3.05) is 23.7 Å². The second kappa shape index (κ2) is 6.87. The van der Waals surface area contributed by atoms with Gasteiger partial charge in [-0.1, -0.05) is 12.1 Å². The molecule has 0 saturated heterocycles. The minimum absolute atomic E-state index is 0.141. The second-order valence-corrected chi connectivity index (χ2v) is 7.81. The lowest BCUT2D eigenvalue weighted by Crippen LogP contribution is -2.27. The highest BCUT2D eigenvalue weighted by atomic mass is 32.2. The van der Waals surface area contributed by atoms with Gasteiger partial charge in [0.15, 0.2) is 6.61 Å². The van der Waals surface area contributed by atoms with Gasteiger partial charge in [-0.3, -0.25) is 9.10 Å². The number of carbonyl (C=O) groups is 2. The van der Waals surface area contributed by atoms with Gasteiger partial charge >= 0.3 is 5.97 Å². The Kier molecular flexibility index (Phi) is 4.78. The number of halogens is 1. The van der Waals surface area contributed by atoms with E-state index in [-0.39, 0.29) is 11.1 Å². The molecule has 0 atom stereocenters. The predicted molar refractivity (Wildman–Crippen MR) is 93.3 cm³/mol. The van der Waals surface area contributed by atoms with Gasteiger partial charge in [0, 0.05) is 6.54 Å². The smallest absolute Gasteiger partial charge is 0.338 e. The molecule has 0 aromatic heterocycles. The average molecular weight is 377 g/mol. The molecule has 0 spiro atoms. The molecule has 0 saturated carbocycles. The molecule has 0 unspecified atom stereocenters. The molecule has 0 aliphatic carbocycles. The van der Waals surface area contributed by atoms with E-state index in [1.165, 1.54) is 28.6 Å². The highest BCUT2D eigenvalue weighted by Crippen LogP contribution is 2.30. The molecule has 1 aliphatic heterocycles. The van der Waals surface area contributed by atoms with Crippen LogP contribution in [0.4, 0.5) is 10.1 Å². The number of ether oxygens (including phenoxy) is 1. The van der Waals surface area contributed by atoms with Gasteiger partial charge in [-0.2, -0.15) is 0 Å². The Morgan fingerprint density at radius 3 is 2.62 bits per heavy atom. The van der Waals surface area contributed by atoms with Crippen LogP contribution in [0.25, 0.3) is 0 Å².